The van der Waals surface area contributed by atoms with E-state index in [0.717, 1.165) is 0 Å². The average Bonchev–Trinajstić information content (AvgIpc) is 3.34. The molecule has 0 atom stereocenters. The van der Waals surface area contributed by atoms with Crippen molar-refractivity contribution in [1.29, 1.82) is 0 Å². The molecule has 0 spiro atoms. The molecular formula is C20H21N3O5S2. The number of rotatable bonds is 9. The number of aromatic nitrogens is 1. The number of nitrogens with one attached hydrogen (secondary N) is 2. The molecular weight excluding hydrogens is 426 g/mol. The van der Waals surface area contributed by atoms with E-state index in [1.807, 2.05) is 0 Å². The highest BCUT2D eigenvalue weighted by molar-refractivity contribution is 7.91. The van der Waals surface area contributed by atoms with Crippen LogP contribution in [-0.4, -0.2) is 37.5 Å². The lowest BCUT2D eigenvalue weighted by Gasteiger charge is -2.06. The predicted molar refractivity (Wildman–Crippen MR) is 113 cm³/mol. The van der Waals surface area contributed by atoms with E-state index in [2.05, 4.69) is 15.6 Å². The van der Waals surface area contributed by atoms with Gasteiger partial charge in [0, 0.05) is 11.9 Å². The molecule has 0 saturated heterocycles. The van der Waals surface area contributed by atoms with E-state index in [9.17, 15) is 18.0 Å². The normalized spacial score (nSPS) is 11.2. The summed E-state index contributed by atoms with van der Waals surface area (Å²) in [5.74, 6) is -0.123. The largest absolute Gasteiger partial charge is 0.469 e. The van der Waals surface area contributed by atoms with Gasteiger partial charge in [-0.05, 0) is 31.5 Å². The summed E-state index contributed by atoms with van der Waals surface area (Å²) in [6, 6.07) is 9.80. The maximum absolute atomic E-state index is 12.2. The molecule has 1 aromatic carbocycles. The van der Waals surface area contributed by atoms with Gasteiger partial charge in [-0.3, -0.25) is 14.9 Å². The summed E-state index contributed by atoms with van der Waals surface area (Å²) in [7, 11) is -3.36. The number of amides is 2. The molecule has 0 aliphatic rings. The number of hydrogen-bond donors (Lipinski definition) is 2. The first-order chi connectivity index (χ1) is 14.3. The van der Waals surface area contributed by atoms with Crippen LogP contribution in [0.3, 0.4) is 0 Å². The Labute approximate surface area is 178 Å². The minimum Gasteiger partial charge on any atom is -0.469 e. The zero-order chi connectivity index (χ0) is 21.6. The van der Waals surface area contributed by atoms with Gasteiger partial charge in [-0.15, -0.1) is 11.3 Å². The quantitative estimate of drug-likeness (QED) is 0.487. The van der Waals surface area contributed by atoms with E-state index >= 15 is 0 Å². The fraction of sp³-hybridized carbons (Fsp3) is 0.250. The average molecular weight is 448 g/mol. The molecule has 2 amide bonds. The monoisotopic (exact) mass is 447 g/mol. The van der Waals surface area contributed by atoms with Gasteiger partial charge < -0.3 is 9.73 Å². The third kappa shape index (κ3) is 5.77. The highest BCUT2D eigenvalue weighted by atomic mass is 32.2. The Hall–Kier alpha value is -2.98. The molecule has 30 heavy (non-hydrogen) atoms. The van der Waals surface area contributed by atoms with Crippen LogP contribution in [0.5, 0.6) is 0 Å². The van der Waals surface area contributed by atoms with Gasteiger partial charge in [-0.25, -0.2) is 13.4 Å². The zero-order valence-corrected chi connectivity index (χ0v) is 17.9. The van der Waals surface area contributed by atoms with Crippen LogP contribution < -0.4 is 10.6 Å². The summed E-state index contributed by atoms with van der Waals surface area (Å²) < 4.78 is 29.5. The first-order valence-electron chi connectivity index (χ1n) is 9.19. The van der Waals surface area contributed by atoms with Gasteiger partial charge in [0.15, 0.2) is 15.0 Å². The van der Waals surface area contributed by atoms with E-state index in [1.165, 1.54) is 17.6 Å². The van der Waals surface area contributed by atoms with Crippen molar-refractivity contribution in [3.8, 4) is 0 Å². The molecule has 2 N–H and O–H groups in total. The number of hydrogen-bond acceptors (Lipinski definition) is 7. The molecule has 0 bridgehead atoms. The van der Waals surface area contributed by atoms with Gasteiger partial charge in [-0.2, -0.15) is 0 Å². The molecule has 10 heteroatoms. The number of carbonyl (C=O) groups excluding carboxylic acids is 2. The predicted octanol–water partition coefficient (Wildman–Crippen LogP) is 2.82. The number of thiazole rings is 1. The smallest absolute Gasteiger partial charge is 0.260 e. The Morgan fingerprint density at radius 2 is 1.93 bits per heavy atom. The van der Waals surface area contributed by atoms with Crippen LogP contribution in [0, 0.1) is 6.92 Å². The van der Waals surface area contributed by atoms with Crippen molar-refractivity contribution in [2.45, 2.75) is 24.7 Å². The van der Waals surface area contributed by atoms with Gasteiger partial charge in [0.1, 0.15) is 5.76 Å². The Balaban J connectivity index is 1.42. The fourth-order valence-electron chi connectivity index (χ4n) is 2.69. The molecule has 0 saturated carbocycles. The second-order valence-electron chi connectivity index (χ2n) is 6.50. The van der Waals surface area contributed by atoms with Crippen LogP contribution in [0.4, 0.5) is 5.13 Å². The van der Waals surface area contributed by atoms with E-state index in [-0.39, 0.29) is 35.4 Å². The van der Waals surface area contributed by atoms with Gasteiger partial charge in [0.25, 0.3) is 5.91 Å². The highest BCUT2D eigenvalue weighted by Gasteiger charge is 2.15. The number of nitrogens with zero attached hydrogens (tertiary/aromatic N) is 1. The molecule has 2 aromatic heterocycles. The summed E-state index contributed by atoms with van der Waals surface area (Å²) in [6.07, 6.45) is 1.79. The van der Waals surface area contributed by atoms with Gasteiger partial charge in [-0.1, -0.05) is 18.2 Å². The van der Waals surface area contributed by atoms with Crippen molar-refractivity contribution in [3.05, 3.63) is 65.1 Å². The summed E-state index contributed by atoms with van der Waals surface area (Å²) in [5.41, 5.74) is 0.948. The minimum absolute atomic E-state index is 0.0440. The van der Waals surface area contributed by atoms with Crippen molar-refractivity contribution in [2.75, 3.05) is 17.6 Å². The van der Waals surface area contributed by atoms with Crippen LogP contribution in [0.2, 0.25) is 0 Å². The van der Waals surface area contributed by atoms with Gasteiger partial charge in [0.2, 0.25) is 5.91 Å². The molecule has 8 nitrogen and oxygen atoms in total. The summed E-state index contributed by atoms with van der Waals surface area (Å²) >= 11 is 1.22. The number of benzene rings is 1. The zero-order valence-electron chi connectivity index (χ0n) is 16.3. The van der Waals surface area contributed by atoms with Crippen molar-refractivity contribution in [3.63, 3.8) is 0 Å². The van der Waals surface area contributed by atoms with Crippen LogP contribution >= 0.6 is 11.3 Å². The number of sulfone groups is 1. The second kappa shape index (κ2) is 9.68. The first-order valence-corrected chi connectivity index (χ1v) is 11.7. The lowest BCUT2D eigenvalue weighted by atomic mass is 10.2. The van der Waals surface area contributed by atoms with E-state index in [0.29, 0.717) is 28.6 Å². The van der Waals surface area contributed by atoms with Crippen LogP contribution in [0.25, 0.3) is 0 Å². The molecule has 3 aromatic rings. The van der Waals surface area contributed by atoms with E-state index in [1.54, 1.807) is 48.7 Å². The number of carbonyl (C=O) groups is 2. The number of anilines is 1. The molecule has 3 rings (SSSR count). The molecule has 0 aliphatic heterocycles. The van der Waals surface area contributed by atoms with E-state index < -0.39 is 9.84 Å². The van der Waals surface area contributed by atoms with Crippen molar-refractivity contribution in [2.24, 2.45) is 0 Å². The lowest BCUT2D eigenvalue weighted by molar-refractivity contribution is -0.120. The van der Waals surface area contributed by atoms with Crippen LogP contribution in [-0.2, 0) is 21.1 Å². The van der Waals surface area contributed by atoms with E-state index in [4.69, 9.17) is 4.42 Å². The van der Waals surface area contributed by atoms with Crippen LogP contribution in [0.1, 0.15) is 28.2 Å². The standard InChI is InChI=1S/C20H21N3O5S2/c1-14-17(8-10-28-14)19(25)23-20-22-15(13-29-20)12-18(24)21-9-5-11-30(26,27)16-6-3-2-4-7-16/h2-4,6-8,10,13H,5,9,11-12H2,1H3,(H,21,24)(H,22,23,25). The molecule has 2 heterocycles. The Bertz CT molecular complexity index is 1120. The van der Waals surface area contributed by atoms with Gasteiger partial charge >= 0.3 is 0 Å². The topological polar surface area (TPSA) is 118 Å². The Morgan fingerprint density at radius 1 is 1.17 bits per heavy atom. The number of aryl methyl sites for hydroxylation is 1. The Kier molecular flexibility index (Phi) is 7.01. The fourth-order valence-corrected chi connectivity index (χ4v) is 4.73. The number of furan rings is 1. The molecule has 0 unspecified atom stereocenters. The molecule has 0 fully saturated rings. The molecule has 158 valence electrons. The highest BCUT2D eigenvalue weighted by Crippen LogP contribution is 2.18. The summed E-state index contributed by atoms with van der Waals surface area (Å²) in [5, 5.41) is 7.45. The maximum Gasteiger partial charge on any atom is 0.260 e. The Morgan fingerprint density at radius 3 is 2.63 bits per heavy atom. The van der Waals surface area contributed by atoms with Crippen LogP contribution in [0.15, 0.2) is 57.4 Å². The first kappa shape index (κ1) is 21.7. The maximum atomic E-state index is 12.2. The van der Waals surface area contributed by atoms with Gasteiger partial charge in [0.05, 0.1) is 34.6 Å². The van der Waals surface area contributed by atoms with Crippen molar-refractivity contribution in [1.82, 2.24) is 10.3 Å². The molecule has 0 aliphatic carbocycles. The lowest BCUT2D eigenvalue weighted by Crippen LogP contribution is -2.27. The van der Waals surface area contributed by atoms with Crippen molar-refractivity contribution >= 4 is 38.1 Å². The summed E-state index contributed by atoms with van der Waals surface area (Å²) in [6.45, 7) is 1.94. The van der Waals surface area contributed by atoms with Crippen molar-refractivity contribution < 1.29 is 22.4 Å². The molecule has 0 radical (unpaired) electrons. The third-order valence-electron chi connectivity index (χ3n) is 4.23. The second-order valence-corrected chi connectivity index (χ2v) is 9.47. The SMILES string of the molecule is Cc1occc1C(=O)Nc1nc(CC(=O)NCCCS(=O)(=O)c2ccccc2)cs1. The third-order valence-corrected chi connectivity index (χ3v) is 6.85. The summed E-state index contributed by atoms with van der Waals surface area (Å²) in [4.78, 5) is 28.7. The minimum atomic E-state index is -3.36.